The number of hydrogen-bond donors (Lipinski definition) is 1. The average Bonchev–Trinajstić information content (AvgIpc) is 2.02. The maximum absolute atomic E-state index is 11.0. The van der Waals surface area contributed by atoms with Crippen LogP contribution in [0, 0.1) is 0 Å². The second kappa shape index (κ2) is 3.18. The summed E-state index contributed by atoms with van der Waals surface area (Å²) in [6, 6.07) is 7.44. The Balaban J connectivity index is 2.36. The van der Waals surface area contributed by atoms with Gasteiger partial charge >= 0.3 is 0 Å². The molecule has 68 valence electrons. The van der Waals surface area contributed by atoms with Gasteiger partial charge in [0.2, 0.25) is 5.91 Å². The Bertz CT molecular complexity index is 331. The molecule has 1 heterocycles. The molecule has 13 heavy (non-hydrogen) atoms. The number of primary amides is 1. The van der Waals surface area contributed by atoms with Crippen LogP contribution in [0.15, 0.2) is 24.3 Å². The standard InChI is InChI=1S/C10H11NO2/c11-10(12)9-4-2-1-3-8(9)7-5-13-6-7/h1-4,7H,5-6H2,(H2,11,12). The van der Waals surface area contributed by atoms with Gasteiger partial charge in [-0.05, 0) is 11.6 Å². The summed E-state index contributed by atoms with van der Waals surface area (Å²) in [4.78, 5) is 11.0. The quantitative estimate of drug-likeness (QED) is 0.729. The van der Waals surface area contributed by atoms with Gasteiger partial charge in [-0.2, -0.15) is 0 Å². The van der Waals surface area contributed by atoms with Gasteiger partial charge in [0.15, 0.2) is 0 Å². The van der Waals surface area contributed by atoms with Crippen LogP contribution in [0.2, 0.25) is 0 Å². The lowest BCUT2D eigenvalue weighted by Gasteiger charge is -2.27. The molecule has 2 N–H and O–H groups in total. The van der Waals surface area contributed by atoms with E-state index in [-0.39, 0.29) is 5.91 Å². The predicted octanol–water partition coefficient (Wildman–Crippen LogP) is 0.899. The molecule has 0 unspecified atom stereocenters. The number of hydrogen-bond acceptors (Lipinski definition) is 2. The number of carbonyl (C=O) groups is 1. The van der Waals surface area contributed by atoms with Crippen molar-refractivity contribution in [3.05, 3.63) is 35.4 Å². The lowest BCUT2D eigenvalue weighted by molar-refractivity contribution is 0.00815. The lowest BCUT2D eigenvalue weighted by Crippen LogP contribution is -2.28. The van der Waals surface area contributed by atoms with Gasteiger partial charge in [-0.3, -0.25) is 4.79 Å². The number of nitrogens with two attached hydrogens (primary N) is 1. The molecule has 3 heteroatoms. The van der Waals surface area contributed by atoms with E-state index in [0.717, 1.165) is 5.56 Å². The highest BCUT2D eigenvalue weighted by Crippen LogP contribution is 2.26. The molecule has 1 amide bonds. The molecule has 0 radical (unpaired) electrons. The first-order valence-electron chi connectivity index (χ1n) is 4.25. The normalized spacial score (nSPS) is 16.6. The first kappa shape index (κ1) is 8.26. The summed E-state index contributed by atoms with van der Waals surface area (Å²) in [5, 5.41) is 0. The lowest BCUT2D eigenvalue weighted by atomic mass is 9.92. The third-order valence-corrected chi connectivity index (χ3v) is 2.30. The summed E-state index contributed by atoms with van der Waals surface area (Å²) in [7, 11) is 0. The van der Waals surface area contributed by atoms with Gasteiger partial charge in [-0.25, -0.2) is 0 Å². The van der Waals surface area contributed by atoms with Gasteiger partial charge in [0, 0.05) is 11.5 Å². The summed E-state index contributed by atoms with van der Waals surface area (Å²) in [6.07, 6.45) is 0. The molecule has 1 saturated heterocycles. The highest BCUT2D eigenvalue weighted by atomic mass is 16.5. The Morgan fingerprint density at radius 1 is 1.38 bits per heavy atom. The average molecular weight is 177 g/mol. The second-order valence-electron chi connectivity index (χ2n) is 3.19. The van der Waals surface area contributed by atoms with Gasteiger partial charge in [0.05, 0.1) is 13.2 Å². The fourth-order valence-corrected chi connectivity index (χ4v) is 1.49. The number of amides is 1. The van der Waals surface area contributed by atoms with Crippen LogP contribution in [0.4, 0.5) is 0 Å². The van der Waals surface area contributed by atoms with E-state index in [1.165, 1.54) is 0 Å². The van der Waals surface area contributed by atoms with E-state index in [0.29, 0.717) is 24.7 Å². The maximum Gasteiger partial charge on any atom is 0.248 e. The van der Waals surface area contributed by atoms with E-state index < -0.39 is 0 Å². The third kappa shape index (κ3) is 1.42. The van der Waals surface area contributed by atoms with Crippen molar-refractivity contribution in [2.45, 2.75) is 5.92 Å². The van der Waals surface area contributed by atoms with Crippen LogP contribution in [0.5, 0.6) is 0 Å². The molecule has 1 aliphatic heterocycles. The largest absolute Gasteiger partial charge is 0.380 e. The molecule has 0 bridgehead atoms. The smallest absolute Gasteiger partial charge is 0.248 e. The molecule has 1 aromatic carbocycles. The minimum atomic E-state index is -0.359. The molecule has 2 rings (SSSR count). The minimum Gasteiger partial charge on any atom is -0.380 e. The molecular formula is C10H11NO2. The zero-order valence-electron chi connectivity index (χ0n) is 7.19. The highest BCUT2D eigenvalue weighted by Gasteiger charge is 2.24. The van der Waals surface area contributed by atoms with Crippen molar-refractivity contribution in [3.8, 4) is 0 Å². The number of benzene rings is 1. The van der Waals surface area contributed by atoms with Crippen molar-refractivity contribution in [1.29, 1.82) is 0 Å². The van der Waals surface area contributed by atoms with E-state index in [9.17, 15) is 4.79 Å². The molecule has 0 saturated carbocycles. The molecule has 0 spiro atoms. The topological polar surface area (TPSA) is 52.3 Å². The van der Waals surface area contributed by atoms with Crippen LogP contribution in [0.1, 0.15) is 21.8 Å². The summed E-state index contributed by atoms with van der Waals surface area (Å²) >= 11 is 0. The van der Waals surface area contributed by atoms with Gasteiger partial charge in [0.25, 0.3) is 0 Å². The monoisotopic (exact) mass is 177 g/mol. The van der Waals surface area contributed by atoms with E-state index in [4.69, 9.17) is 10.5 Å². The Labute approximate surface area is 76.5 Å². The predicted molar refractivity (Wildman–Crippen MR) is 48.5 cm³/mol. The van der Waals surface area contributed by atoms with Gasteiger partial charge in [-0.1, -0.05) is 18.2 Å². The van der Waals surface area contributed by atoms with Crippen molar-refractivity contribution in [2.24, 2.45) is 5.73 Å². The molecule has 0 aromatic heterocycles. The van der Waals surface area contributed by atoms with Crippen molar-refractivity contribution in [3.63, 3.8) is 0 Å². The molecule has 0 atom stereocenters. The number of carbonyl (C=O) groups excluding carboxylic acids is 1. The first-order valence-corrected chi connectivity index (χ1v) is 4.25. The van der Waals surface area contributed by atoms with Crippen molar-refractivity contribution >= 4 is 5.91 Å². The van der Waals surface area contributed by atoms with Crippen LogP contribution in [-0.2, 0) is 4.74 Å². The fourth-order valence-electron chi connectivity index (χ4n) is 1.49. The van der Waals surface area contributed by atoms with Crippen LogP contribution in [-0.4, -0.2) is 19.1 Å². The Kier molecular flexibility index (Phi) is 2.02. The summed E-state index contributed by atoms with van der Waals surface area (Å²) in [5.41, 5.74) is 6.89. The maximum atomic E-state index is 11.0. The Morgan fingerprint density at radius 2 is 2.08 bits per heavy atom. The number of rotatable bonds is 2. The second-order valence-corrected chi connectivity index (χ2v) is 3.19. The van der Waals surface area contributed by atoms with Crippen molar-refractivity contribution in [2.75, 3.05) is 13.2 Å². The van der Waals surface area contributed by atoms with Crippen LogP contribution in [0.25, 0.3) is 0 Å². The molecule has 1 aromatic rings. The van der Waals surface area contributed by atoms with Crippen LogP contribution < -0.4 is 5.73 Å². The molecular weight excluding hydrogens is 166 g/mol. The van der Waals surface area contributed by atoms with Crippen molar-refractivity contribution < 1.29 is 9.53 Å². The SMILES string of the molecule is NC(=O)c1ccccc1C1COC1. The summed E-state index contributed by atoms with van der Waals surface area (Å²) in [6.45, 7) is 1.40. The van der Waals surface area contributed by atoms with Crippen molar-refractivity contribution in [1.82, 2.24) is 0 Å². The number of ether oxygens (including phenoxy) is 1. The van der Waals surface area contributed by atoms with Crippen LogP contribution in [0.3, 0.4) is 0 Å². The minimum absolute atomic E-state index is 0.351. The zero-order chi connectivity index (χ0) is 9.26. The zero-order valence-corrected chi connectivity index (χ0v) is 7.19. The van der Waals surface area contributed by atoms with E-state index in [1.807, 2.05) is 18.2 Å². The fraction of sp³-hybridized carbons (Fsp3) is 0.300. The third-order valence-electron chi connectivity index (χ3n) is 2.30. The highest BCUT2D eigenvalue weighted by molar-refractivity contribution is 5.94. The molecule has 3 nitrogen and oxygen atoms in total. The Hall–Kier alpha value is -1.35. The van der Waals surface area contributed by atoms with E-state index in [1.54, 1.807) is 6.07 Å². The van der Waals surface area contributed by atoms with E-state index >= 15 is 0 Å². The molecule has 1 aliphatic rings. The summed E-state index contributed by atoms with van der Waals surface area (Å²) in [5.74, 6) is -0.00815. The van der Waals surface area contributed by atoms with Crippen LogP contribution >= 0.6 is 0 Å². The molecule has 0 aliphatic carbocycles. The van der Waals surface area contributed by atoms with Gasteiger partial charge in [0.1, 0.15) is 0 Å². The van der Waals surface area contributed by atoms with Gasteiger partial charge in [-0.15, -0.1) is 0 Å². The molecule has 1 fully saturated rings. The summed E-state index contributed by atoms with van der Waals surface area (Å²) < 4.78 is 5.07. The van der Waals surface area contributed by atoms with E-state index in [2.05, 4.69) is 0 Å². The van der Waals surface area contributed by atoms with Gasteiger partial charge < -0.3 is 10.5 Å². The first-order chi connectivity index (χ1) is 6.29. The Morgan fingerprint density at radius 3 is 2.62 bits per heavy atom.